The molecule has 1 atom stereocenters. The summed E-state index contributed by atoms with van der Waals surface area (Å²) in [5.74, 6) is 0.0131. The second-order valence-corrected chi connectivity index (χ2v) is 3.56. The molecule has 1 fully saturated rings. The van der Waals surface area contributed by atoms with Crippen LogP contribution in [0.15, 0.2) is 34.9 Å². The van der Waals surface area contributed by atoms with Gasteiger partial charge in [0.15, 0.2) is 5.78 Å². The van der Waals surface area contributed by atoms with Crippen molar-refractivity contribution >= 4 is 5.78 Å². The first kappa shape index (κ1) is 9.43. The zero-order valence-electron chi connectivity index (χ0n) is 8.03. The van der Waals surface area contributed by atoms with Gasteiger partial charge in [-0.05, 0) is 12.0 Å². The summed E-state index contributed by atoms with van der Waals surface area (Å²) in [5, 5.41) is 17.6. The Hall–Kier alpha value is -2.13. The summed E-state index contributed by atoms with van der Waals surface area (Å²) in [5.41, 5.74) is 1.54. The number of hydrogen-bond donors (Lipinski definition) is 0. The van der Waals surface area contributed by atoms with Gasteiger partial charge in [0.05, 0.1) is 0 Å². The lowest BCUT2D eigenvalue weighted by Crippen LogP contribution is -2.04. The molecule has 0 aliphatic heterocycles. The SMILES string of the molecule is N#CC(C#N)=C1CC(=O)C2=CC=CCC21. The maximum Gasteiger partial charge on any atom is 0.163 e. The van der Waals surface area contributed by atoms with E-state index < -0.39 is 0 Å². The minimum absolute atomic E-state index is 0.0307. The Labute approximate surface area is 87.6 Å². The average molecular weight is 196 g/mol. The molecule has 1 saturated carbocycles. The highest BCUT2D eigenvalue weighted by Crippen LogP contribution is 2.39. The summed E-state index contributed by atoms with van der Waals surface area (Å²) in [6.07, 6.45) is 6.55. The lowest BCUT2D eigenvalue weighted by Gasteiger charge is -2.12. The van der Waals surface area contributed by atoms with Crippen molar-refractivity contribution in [3.05, 3.63) is 34.9 Å². The average Bonchev–Trinajstić information content (AvgIpc) is 2.60. The second kappa shape index (κ2) is 3.55. The predicted molar refractivity (Wildman–Crippen MR) is 53.2 cm³/mol. The van der Waals surface area contributed by atoms with Crippen LogP contribution in [-0.2, 0) is 4.79 Å². The second-order valence-electron chi connectivity index (χ2n) is 3.56. The fourth-order valence-electron chi connectivity index (χ4n) is 2.08. The van der Waals surface area contributed by atoms with Crippen molar-refractivity contribution in [1.29, 1.82) is 10.5 Å². The lowest BCUT2D eigenvalue weighted by molar-refractivity contribution is -0.114. The van der Waals surface area contributed by atoms with E-state index in [0.29, 0.717) is 5.57 Å². The number of ketones is 1. The Morgan fingerprint density at radius 1 is 1.40 bits per heavy atom. The maximum atomic E-state index is 11.6. The first-order valence-corrected chi connectivity index (χ1v) is 4.71. The normalized spacial score (nSPS) is 22.8. The molecule has 0 radical (unpaired) electrons. The van der Waals surface area contributed by atoms with Crippen LogP contribution in [0.25, 0.3) is 0 Å². The van der Waals surface area contributed by atoms with Crippen LogP contribution in [0.5, 0.6) is 0 Å². The van der Waals surface area contributed by atoms with Crippen molar-refractivity contribution in [2.45, 2.75) is 12.8 Å². The number of nitriles is 2. The van der Waals surface area contributed by atoms with Gasteiger partial charge in [-0.3, -0.25) is 4.79 Å². The Morgan fingerprint density at radius 3 is 2.80 bits per heavy atom. The number of nitrogens with zero attached hydrogens (tertiary/aromatic N) is 2. The van der Waals surface area contributed by atoms with E-state index in [-0.39, 0.29) is 23.7 Å². The molecule has 0 heterocycles. The van der Waals surface area contributed by atoms with E-state index in [1.165, 1.54) is 0 Å². The van der Waals surface area contributed by atoms with Crippen LogP contribution in [0.3, 0.4) is 0 Å². The van der Waals surface area contributed by atoms with Crippen molar-refractivity contribution in [2.75, 3.05) is 0 Å². The quantitative estimate of drug-likeness (QED) is 0.555. The van der Waals surface area contributed by atoms with Gasteiger partial charge in [-0.15, -0.1) is 0 Å². The molecule has 0 spiro atoms. The Morgan fingerprint density at radius 2 is 2.13 bits per heavy atom. The number of carbonyl (C=O) groups is 1. The van der Waals surface area contributed by atoms with Gasteiger partial charge in [0, 0.05) is 17.9 Å². The number of rotatable bonds is 0. The Bertz CT molecular complexity index is 479. The van der Waals surface area contributed by atoms with Gasteiger partial charge in [0.25, 0.3) is 0 Å². The van der Waals surface area contributed by atoms with Crippen LogP contribution in [0.2, 0.25) is 0 Å². The number of fused-ring (bicyclic) bond motifs is 1. The molecule has 0 aromatic carbocycles. The molecule has 2 aliphatic rings. The number of carbonyl (C=O) groups excluding carboxylic acids is 1. The zero-order chi connectivity index (χ0) is 10.8. The highest BCUT2D eigenvalue weighted by Gasteiger charge is 2.35. The van der Waals surface area contributed by atoms with Gasteiger partial charge in [-0.1, -0.05) is 18.2 Å². The summed E-state index contributed by atoms with van der Waals surface area (Å²) in [7, 11) is 0. The van der Waals surface area contributed by atoms with Crippen molar-refractivity contribution in [3.8, 4) is 12.1 Å². The van der Waals surface area contributed by atoms with Gasteiger partial charge in [0.2, 0.25) is 0 Å². The Kier molecular flexibility index (Phi) is 2.23. The molecule has 0 aromatic rings. The van der Waals surface area contributed by atoms with E-state index in [9.17, 15) is 4.79 Å². The summed E-state index contributed by atoms with van der Waals surface area (Å²) in [6.45, 7) is 0. The van der Waals surface area contributed by atoms with Crippen molar-refractivity contribution in [2.24, 2.45) is 5.92 Å². The lowest BCUT2D eigenvalue weighted by atomic mass is 9.89. The largest absolute Gasteiger partial charge is 0.294 e. The third-order valence-electron chi connectivity index (χ3n) is 2.80. The zero-order valence-corrected chi connectivity index (χ0v) is 8.03. The van der Waals surface area contributed by atoms with Gasteiger partial charge in [-0.25, -0.2) is 0 Å². The first-order chi connectivity index (χ1) is 7.27. The monoisotopic (exact) mass is 196 g/mol. The minimum atomic E-state index is -0.0307. The first-order valence-electron chi connectivity index (χ1n) is 4.71. The molecule has 2 aliphatic carbocycles. The molecule has 1 unspecified atom stereocenters. The molecule has 72 valence electrons. The molecule has 0 bridgehead atoms. The van der Waals surface area contributed by atoms with E-state index in [4.69, 9.17) is 10.5 Å². The highest BCUT2D eigenvalue weighted by atomic mass is 16.1. The highest BCUT2D eigenvalue weighted by molar-refractivity contribution is 6.02. The van der Waals surface area contributed by atoms with E-state index in [0.717, 1.165) is 12.0 Å². The van der Waals surface area contributed by atoms with E-state index in [1.807, 2.05) is 24.3 Å². The molecular weight excluding hydrogens is 188 g/mol. The van der Waals surface area contributed by atoms with Crippen LogP contribution in [0.4, 0.5) is 0 Å². The number of Topliss-reactive ketones (excluding diaryl/α,β-unsaturated/α-hetero) is 1. The summed E-state index contributed by atoms with van der Waals surface area (Å²) in [4.78, 5) is 11.6. The van der Waals surface area contributed by atoms with Gasteiger partial charge in [-0.2, -0.15) is 10.5 Å². The third-order valence-corrected chi connectivity index (χ3v) is 2.80. The standard InChI is InChI=1S/C12H8N2O/c13-6-8(7-14)11-5-12(15)10-4-2-1-3-9(10)11/h1-2,4,9H,3,5H2. The van der Waals surface area contributed by atoms with Crippen molar-refractivity contribution < 1.29 is 4.79 Å². The van der Waals surface area contributed by atoms with E-state index >= 15 is 0 Å². The van der Waals surface area contributed by atoms with Crippen LogP contribution in [0, 0.1) is 28.6 Å². The molecule has 3 heteroatoms. The topological polar surface area (TPSA) is 64.7 Å². The van der Waals surface area contributed by atoms with Crippen molar-refractivity contribution in [3.63, 3.8) is 0 Å². The molecule has 0 aromatic heterocycles. The van der Waals surface area contributed by atoms with Crippen LogP contribution in [-0.4, -0.2) is 5.78 Å². The van der Waals surface area contributed by atoms with E-state index in [2.05, 4.69) is 0 Å². The van der Waals surface area contributed by atoms with Gasteiger partial charge in [0.1, 0.15) is 17.7 Å². The van der Waals surface area contributed by atoms with Crippen molar-refractivity contribution in [1.82, 2.24) is 0 Å². The van der Waals surface area contributed by atoms with Gasteiger partial charge < -0.3 is 0 Å². The van der Waals surface area contributed by atoms with E-state index in [1.54, 1.807) is 6.08 Å². The minimum Gasteiger partial charge on any atom is -0.294 e. The van der Waals surface area contributed by atoms with Crippen LogP contribution >= 0.6 is 0 Å². The third kappa shape index (κ3) is 1.39. The molecule has 3 nitrogen and oxygen atoms in total. The van der Waals surface area contributed by atoms with Crippen LogP contribution < -0.4 is 0 Å². The molecular formula is C12H8N2O. The molecule has 0 saturated heterocycles. The fourth-order valence-corrected chi connectivity index (χ4v) is 2.08. The number of hydrogen-bond acceptors (Lipinski definition) is 3. The maximum absolute atomic E-state index is 11.6. The Balaban J connectivity index is 2.51. The smallest absolute Gasteiger partial charge is 0.163 e. The molecule has 15 heavy (non-hydrogen) atoms. The summed E-state index contributed by atoms with van der Waals surface area (Å²) in [6, 6.07) is 3.72. The molecule has 0 N–H and O–H groups in total. The fraction of sp³-hybridized carbons (Fsp3) is 0.250. The number of allylic oxidation sites excluding steroid dienone is 6. The van der Waals surface area contributed by atoms with Crippen LogP contribution in [0.1, 0.15) is 12.8 Å². The summed E-state index contributed by atoms with van der Waals surface area (Å²) < 4.78 is 0. The molecule has 2 rings (SSSR count). The molecule has 0 amide bonds. The predicted octanol–water partition coefficient (Wildman–Crippen LogP) is 1.81. The summed E-state index contributed by atoms with van der Waals surface area (Å²) >= 11 is 0. The van der Waals surface area contributed by atoms with Gasteiger partial charge >= 0.3 is 0 Å².